The zero-order valence-corrected chi connectivity index (χ0v) is 17.1. The standard InChI is InChI=1S/C19H22F2N2O5S/c1-4-29-10-9-27-18(24)15-11(2)22-12(3)17(23(25)26)16(15)13-7-5-6-8-14(13)28-19(20)21/h5-8,16,19,22H,4,9-10H2,1-3H3. The van der Waals surface area contributed by atoms with E-state index in [4.69, 9.17) is 4.74 Å². The summed E-state index contributed by atoms with van der Waals surface area (Å²) in [4.78, 5) is 24.0. The fourth-order valence-electron chi connectivity index (χ4n) is 3.14. The minimum absolute atomic E-state index is 0.00545. The number of hydrogen-bond donors (Lipinski definition) is 1. The second-order valence-corrected chi connectivity index (χ2v) is 7.51. The highest BCUT2D eigenvalue weighted by Crippen LogP contribution is 2.42. The lowest BCUT2D eigenvalue weighted by Gasteiger charge is -2.27. The van der Waals surface area contributed by atoms with Crippen molar-refractivity contribution in [2.75, 3.05) is 18.1 Å². The van der Waals surface area contributed by atoms with Crippen molar-refractivity contribution in [3.05, 3.63) is 62.6 Å². The third-order valence-electron chi connectivity index (χ3n) is 4.25. The molecule has 1 aliphatic heterocycles. The van der Waals surface area contributed by atoms with Gasteiger partial charge in [0.15, 0.2) is 0 Å². The molecule has 1 aliphatic rings. The fraction of sp³-hybridized carbons (Fsp3) is 0.421. The van der Waals surface area contributed by atoms with Crippen LogP contribution in [0.1, 0.15) is 32.3 Å². The number of nitro groups is 1. The highest BCUT2D eigenvalue weighted by Gasteiger charge is 2.42. The molecule has 0 aromatic heterocycles. The average Bonchev–Trinajstić information content (AvgIpc) is 2.64. The number of rotatable bonds is 9. The normalized spacial score (nSPS) is 16.7. The molecule has 1 aromatic rings. The Morgan fingerprint density at radius 2 is 2.00 bits per heavy atom. The molecular formula is C19H22F2N2O5S. The third-order valence-corrected chi connectivity index (χ3v) is 5.12. The summed E-state index contributed by atoms with van der Waals surface area (Å²) in [6, 6.07) is 5.73. The van der Waals surface area contributed by atoms with Gasteiger partial charge >= 0.3 is 12.6 Å². The molecule has 0 saturated heterocycles. The van der Waals surface area contributed by atoms with Crippen LogP contribution in [0.2, 0.25) is 0 Å². The van der Waals surface area contributed by atoms with E-state index in [2.05, 4.69) is 10.1 Å². The number of ether oxygens (including phenoxy) is 2. The molecule has 1 aromatic carbocycles. The minimum atomic E-state index is -3.12. The Kier molecular flexibility index (Phi) is 8.00. The number of nitrogens with one attached hydrogen (secondary N) is 1. The summed E-state index contributed by atoms with van der Waals surface area (Å²) in [5, 5.41) is 14.6. The van der Waals surface area contributed by atoms with Crippen molar-refractivity contribution >= 4 is 17.7 Å². The summed E-state index contributed by atoms with van der Waals surface area (Å²) in [6.07, 6.45) is 0. The molecule has 1 atom stereocenters. The van der Waals surface area contributed by atoms with Crippen molar-refractivity contribution in [2.45, 2.75) is 33.3 Å². The predicted octanol–water partition coefficient (Wildman–Crippen LogP) is 4.05. The number of nitrogens with zero attached hydrogens (tertiary/aromatic N) is 1. The van der Waals surface area contributed by atoms with Crippen LogP contribution in [0.3, 0.4) is 0 Å². The molecule has 158 valence electrons. The molecule has 29 heavy (non-hydrogen) atoms. The van der Waals surface area contributed by atoms with Crippen LogP contribution in [0, 0.1) is 10.1 Å². The van der Waals surface area contributed by atoms with E-state index in [1.54, 1.807) is 24.8 Å². The van der Waals surface area contributed by atoms with Crippen LogP contribution in [-0.2, 0) is 9.53 Å². The van der Waals surface area contributed by atoms with Crippen LogP contribution in [0.25, 0.3) is 0 Å². The maximum Gasteiger partial charge on any atom is 0.387 e. The number of benzene rings is 1. The molecule has 0 radical (unpaired) electrons. The number of alkyl halides is 2. The summed E-state index contributed by atoms with van der Waals surface area (Å²) < 4.78 is 35.6. The van der Waals surface area contributed by atoms with E-state index < -0.39 is 23.4 Å². The molecule has 2 rings (SSSR count). The number of dihydropyridines is 1. The Morgan fingerprint density at radius 1 is 1.31 bits per heavy atom. The van der Waals surface area contributed by atoms with Crippen molar-refractivity contribution in [3.63, 3.8) is 0 Å². The molecule has 0 amide bonds. The Balaban J connectivity index is 2.53. The number of allylic oxidation sites excluding steroid dienone is 3. The van der Waals surface area contributed by atoms with Crippen LogP contribution < -0.4 is 10.1 Å². The fourth-order valence-corrected chi connectivity index (χ4v) is 3.63. The average molecular weight is 428 g/mol. The Hall–Kier alpha value is -2.62. The molecule has 1 unspecified atom stereocenters. The van der Waals surface area contributed by atoms with Crippen molar-refractivity contribution in [1.29, 1.82) is 0 Å². The van der Waals surface area contributed by atoms with Crippen LogP contribution in [0.15, 0.2) is 46.9 Å². The quantitative estimate of drug-likeness (QED) is 0.275. The topological polar surface area (TPSA) is 90.7 Å². The zero-order valence-electron chi connectivity index (χ0n) is 16.2. The summed E-state index contributed by atoms with van der Waals surface area (Å²) in [5.41, 5.74) is 0.333. The lowest BCUT2D eigenvalue weighted by Crippen LogP contribution is -2.32. The lowest BCUT2D eigenvalue weighted by atomic mass is 9.83. The van der Waals surface area contributed by atoms with Gasteiger partial charge in [0.2, 0.25) is 0 Å². The van der Waals surface area contributed by atoms with Gasteiger partial charge in [-0.1, -0.05) is 25.1 Å². The van der Waals surface area contributed by atoms with E-state index in [1.165, 1.54) is 25.1 Å². The second-order valence-electron chi connectivity index (χ2n) is 6.11. The first-order valence-electron chi connectivity index (χ1n) is 8.89. The van der Waals surface area contributed by atoms with Crippen molar-refractivity contribution < 1.29 is 28.0 Å². The van der Waals surface area contributed by atoms with Gasteiger partial charge in [0.1, 0.15) is 18.3 Å². The van der Waals surface area contributed by atoms with E-state index in [0.29, 0.717) is 11.4 Å². The minimum Gasteiger partial charge on any atom is -0.461 e. The van der Waals surface area contributed by atoms with Gasteiger partial charge in [-0.3, -0.25) is 10.1 Å². The van der Waals surface area contributed by atoms with Gasteiger partial charge in [-0.2, -0.15) is 20.5 Å². The highest BCUT2D eigenvalue weighted by molar-refractivity contribution is 7.99. The smallest absolute Gasteiger partial charge is 0.387 e. The molecule has 0 saturated carbocycles. The number of halogens is 2. The van der Waals surface area contributed by atoms with Crippen molar-refractivity contribution in [1.82, 2.24) is 5.32 Å². The van der Waals surface area contributed by atoms with Gasteiger partial charge in [0.25, 0.3) is 5.70 Å². The molecule has 0 fully saturated rings. The number of hydrogen-bond acceptors (Lipinski definition) is 7. The Labute approximate surface area is 171 Å². The van der Waals surface area contributed by atoms with E-state index in [1.807, 2.05) is 6.92 Å². The monoisotopic (exact) mass is 428 g/mol. The second kappa shape index (κ2) is 10.2. The predicted molar refractivity (Wildman–Crippen MR) is 105 cm³/mol. The van der Waals surface area contributed by atoms with Gasteiger partial charge < -0.3 is 14.8 Å². The SMILES string of the molecule is CCSCCOC(=O)C1=C(C)NC(C)=C([N+](=O)[O-])C1c1ccccc1OC(F)F. The number of para-hydroxylation sites is 1. The van der Waals surface area contributed by atoms with Crippen molar-refractivity contribution in [2.24, 2.45) is 0 Å². The maximum absolute atomic E-state index is 12.9. The zero-order chi connectivity index (χ0) is 21.6. The molecular weight excluding hydrogens is 406 g/mol. The van der Waals surface area contributed by atoms with Gasteiger partial charge in [0.05, 0.1) is 16.2 Å². The summed E-state index contributed by atoms with van der Waals surface area (Å²) >= 11 is 1.58. The van der Waals surface area contributed by atoms with Crippen LogP contribution >= 0.6 is 11.8 Å². The van der Waals surface area contributed by atoms with Crippen LogP contribution in [-0.4, -0.2) is 35.6 Å². The van der Waals surface area contributed by atoms with Gasteiger partial charge in [-0.05, 0) is 25.7 Å². The molecule has 1 heterocycles. The molecule has 0 bridgehead atoms. The van der Waals surface area contributed by atoms with Gasteiger partial charge in [0, 0.05) is 17.0 Å². The lowest BCUT2D eigenvalue weighted by molar-refractivity contribution is -0.431. The highest BCUT2D eigenvalue weighted by atomic mass is 32.2. The number of esters is 1. The first-order chi connectivity index (χ1) is 13.8. The molecule has 0 aliphatic carbocycles. The van der Waals surface area contributed by atoms with E-state index >= 15 is 0 Å². The number of carbonyl (C=O) groups is 1. The molecule has 0 spiro atoms. The maximum atomic E-state index is 12.9. The summed E-state index contributed by atoms with van der Waals surface area (Å²) in [5.74, 6) is -0.756. The largest absolute Gasteiger partial charge is 0.461 e. The van der Waals surface area contributed by atoms with E-state index in [9.17, 15) is 23.7 Å². The van der Waals surface area contributed by atoms with Gasteiger partial charge in [-0.15, -0.1) is 0 Å². The first-order valence-corrected chi connectivity index (χ1v) is 10.0. The van der Waals surface area contributed by atoms with Gasteiger partial charge in [-0.25, -0.2) is 4.79 Å². The van der Waals surface area contributed by atoms with Crippen molar-refractivity contribution in [3.8, 4) is 5.75 Å². The van der Waals surface area contributed by atoms with Crippen LogP contribution in [0.5, 0.6) is 5.75 Å². The van der Waals surface area contributed by atoms with E-state index in [0.717, 1.165) is 5.75 Å². The van der Waals surface area contributed by atoms with E-state index in [-0.39, 0.29) is 34.9 Å². The van der Waals surface area contributed by atoms with Crippen LogP contribution in [0.4, 0.5) is 8.78 Å². The third kappa shape index (κ3) is 5.47. The molecule has 7 nitrogen and oxygen atoms in total. The molecule has 1 N–H and O–H groups in total. The number of carbonyl (C=O) groups excluding carboxylic acids is 1. The number of thioether (sulfide) groups is 1. The summed E-state index contributed by atoms with van der Waals surface area (Å²) in [6.45, 7) is 2.06. The Morgan fingerprint density at radius 3 is 2.62 bits per heavy atom. The molecule has 10 heteroatoms. The summed E-state index contributed by atoms with van der Waals surface area (Å²) in [7, 11) is 0. The Bertz CT molecular complexity index is 842. The first kappa shape index (κ1) is 22.7.